The van der Waals surface area contributed by atoms with Crippen LogP contribution in [0.4, 0.5) is 0 Å². The van der Waals surface area contributed by atoms with Gasteiger partial charge in [0, 0.05) is 12.0 Å². The molecular weight excluding hydrogens is 302 g/mol. The quantitative estimate of drug-likeness (QED) is 0.468. The lowest BCUT2D eigenvalue weighted by Crippen LogP contribution is -2.16. The van der Waals surface area contributed by atoms with Crippen molar-refractivity contribution in [3.8, 4) is 11.5 Å². The van der Waals surface area contributed by atoms with Gasteiger partial charge in [-0.1, -0.05) is 12.1 Å². The number of fused-ring (bicyclic) bond motifs is 1. The summed E-state index contributed by atoms with van der Waals surface area (Å²) in [5.41, 5.74) is 0.589. The smallest absolute Gasteiger partial charge is 0.334 e. The van der Waals surface area contributed by atoms with Crippen molar-refractivity contribution in [2.75, 3.05) is 14.2 Å². The maximum Gasteiger partial charge on any atom is 0.334 e. The minimum atomic E-state index is -0.501. The van der Waals surface area contributed by atoms with E-state index in [1.807, 2.05) is 0 Å². The molecule has 0 N–H and O–H groups in total. The fourth-order valence-corrected chi connectivity index (χ4v) is 2.14. The lowest BCUT2D eigenvalue weighted by molar-refractivity contribution is -0.143. The van der Waals surface area contributed by atoms with Crippen molar-refractivity contribution in [2.45, 2.75) is 13.3 Å². The second-order valence-electron chi connectivity index (χ2n) is 4.56. The normalized spacial score (nSPS) is 13.2. The third-order valence-electron chi connectivity index (χ3n) is 3.21. The summed E-state index contributed by atoms with van der Waals surface area (Å²) < 4.78 is 10.4. The number of methoxy groups -OCH3 is 2. The molecule has 0 heterocycles. The van der Waals surface area contributed by atoms with Crippen molar-refractivity contribution in [3.05, 3.63) is 34.9 Å². The van der Waals surface area contributed by atoms with Gasteiger partial charge in [0.15, 0.2) is 11.6 Å². The van der Waals surface area contributed by atoms with Gasteiger partial charge in [-0.2, -0.15) is 0 Å². The van der Waals surface area contributed by atoms with E-state index in [-0.39, 0.29) is 40.6 Å². The van der Waals surface area contributed by atoms with Gasteiger partial charge in [0.25, 0.3) is 0 Å². The molecule has 0 radical (unpaired) electrons. The summed E-state index contributed by atoms with van der Waals surface area (Å²) in [6, 6.07) is 1.49. The minimum Gasteiger partial charge on any atom is -0.496 e. The highest BCUT2D eigenvalue weighted by atomic mass is 16.7. The van der Waals surface area contributed by atoms with Gasteiger partial charge in [-0.05, 0) is 18.2 Å². The van der Waals surface area contributed by atoms with E-state index in [2.05, 4.69) is 9.99 Å². The van der Waals surface area contributed by atoms with Crippen LogP contribution in [-0.2, 0) is 9.63 Å². The predicted octanol–water partition coefficient (Wildman–Crippen LogP) is 1.93. The van der Waals surface area contributed by atoms with Gasteiger partial charge in [0.1, 0.15) is 11.5 Å². The molecule has 1 aliphatic carbocycles. The second-order valence-corrected chi connectivity index (χ2v) is 4.56. The van der Waals surface area contributed by atoms with E-state index < -0.39 is 5.97 Å². The number of carbonyl (C=O) groups is 3. The van der Waals surface area contributed by atoms with E-state index in [0.29, 0.717) is 5.56 Å². The summed E-state index contributed by atoms with van der Waals surface area (Å²) in [6.07, 6.45) is 3.76. The Kier molecular flexibility index (Phi) is 4.90. The molecule has 7 nitrogen and oxygen atoms in total. The third-order valence-corrected chi connectivity index (χ3v) is 3.21. The van der Waals surface area contributed by atoms with Gasteiger partial charge in [-0.3, -0.25) is 9.59 Å². The zero-order chi connectivity index (χ0) is 17.0. The van der Waals surface area contributed by atoms with Crippen molar-refractivity contribution in [1.29, 1.82) is 0 Å². The van der Waals surface area contributed by atoms with Gasteiger partial charge < -0.3 is 14.3 Å². The molecule has 0 unspecified atom stereocenters. The first-order chi connectivity index (χ1) is 11.0. The van der Waals surface area contributed by atoms with Crippen LogP contribution in [0.3, 0.4) is 0 Å². The number of oxime groups is 1. The van der Waals surface area contributed by atoms with Gasteiger partial charge in [0.05, 0.1) is 31.6 Å². The molecule has 0 bridgehead atoms. The monoisotopic (exact) mass is 317 g/mol. The highest BCUT2D eigenvalue weighted by molar-refractivity contribution is 6.25. The van der Waals surface area contributed by atoms with E-state index in [1.165, 1.54) is 38.7 Å². The largest absolute Gasteiger partial charge is 0.496 e. The molecule has 120 valence electrons. The Balaban J connectivity index is 2.57. The summed E-state index contributed by atoms with van der Waals surface area (Å²) in [6.45, 7) is 1.64. The average molecular weight is 317 g/mol. The minimum absolute atomic E-state index is 0.0996. The molecule has 0 amide bonds. The lowest BCUT2D eigenvalue weighted by Gasteiger charge is -2.18. The Morgan fingerprint density at radius 1 is 1.13 bits per heavy atom. The van der Waals surface area contributed by atoms with E-state index in [0.717, 1.165) is 0 Å². The summed E-state index contributed by atoms with van der Waals surface area (Å²) >= 11 is 0. The van der Waals surface area contributed by atoms with E-state index in [1.54, 1.807) is 6.92 Å². The molecule has 2 rings (SSSR count). The first-order valence-electron chi connectivity index (χ1n) is 6.82. The van der Waals surface area contributed by atoms with Gasteiger partial charge in [0.2, 0.25) is 0 Å². The number of nitrogens with zero attached hydrogens (tertiary/aromatic N) is 1. The van der Waals surface area contributed by atoms with E-state index in [4.69, 9.17) is 9.47 Å². The number of hydrogen-bond acceptors (Lipinski definition) is 7. The molecule has 7 heteroatoms. The number of hydrogen-bond donors (Lipinski definition) is 0. The molecule has 0 spiro atoms. The van der Waals surface area contributed by atoms with E-state index in [9.17, 15) is 14.4 Å². The molecule has 0 fully saturated rings. The highest BCUT2D eigenvalue weighted by Crippen LogP contribution is 2.36. The average Bonchev–Trinajstić information content (AvgIpc) is 2.56. The SMILES string of the molecule is CCC(=O)ON=Cc1cc(OC)c2c(c1OC)C(=O)C=CC2=O. The van der Waals surface area contributed by atoms with Crippen LogP contribution in [0.15, 0.2) is 23.4 Å². The summed E-state index contributed by atoms with van der Waals surface area (Å²) in [5.74, 6) is -0.850. The molecule has 0 aromatic heterocycles. The van der Waals surface area contributed by atoms with Crippen LogP contribution in [0.1, 0.15) is 39.6 Å². The predicted molar refractivity (Wildman–Crippen MR) is 81.3 cm³/mol. The number of ether oxygens (including phenoxy) is 2. The Morgan fingerprint density at radius 2 is 1.78 bits per heavy atom. The topological polar surface area (TPSA) is 91.3 Å². The molecule has 0 aliphatic heterocycles. The van der Waals surface area contributed by atoms with Crippen LogP contribution in [0.2, 0.25) is 0 Å². The van der Waals surface area contributed by atoms with Crippen LogP contribution < -0.4 is 9.47 Å². The molecule has 0 saturated heterocycles. The summed E-state index contributed by atoms with van der Waals surface area (Å²) in [4.78, 5) is 39.9. The maximum absolute atomic E-state index is 12.2. The van der Waals surface area contributed by atoms with Crippen LogP contribution in [0.25, 0.3) is 0 Å². The van der Waals surface area contributed by atoms with Crippen molar-refractivity contribution in [2.24, 2.45) is 5.16 Å². The third kappa shape index (κ3) is 3.13. The molecule has 1 aliphatic rings. The van der Waals surface area contributed by atoms with Gasteiger partial charge in [-0.25, -0.2) is 4.79 Å². The zero-order valence-electron chi connectivity index (χ0n) is 12.9. The van der Waals surface area contributed by atoms with Crippen molar-refractivity contribution < 1.29 is 28.7 Å². The van der Waals surface area contributed by atoms with Crippen LogP contribution in [0.5, 0.6) is 11.5 Å². The van der Waals surface area contributed by atoms with Crippen LogP contribution >= 0.6 is 0 Å². The molecule has 0 atom stereocenters. The highest BCUT2D eigenvalue weighted by Gasteiger charge is 2.29. The zero-order valence-corrected chi connectivity index (χ0v) is 12.9. The van der Waals surface area contributed by atoms with Crippen molar-refractivity contribution in [1.82, 2.24) is 0 Å². The second kappa shape index (κ2) is 6.87. The molecule has 0 saturated carbocycles. The van der Waals surface area contributed by atoms with Crippen LogP contribution in [0, 0.1) is 0 Å². The fourth-order valence-electron chi connectivity index (χ4n) is 2.14. The Morgan fingerprint density at radius 3 is 2.35 bits per heavy atom. The fraction of sp³-hybridized carbons (Fsp3) is 0.250. The number of rotatable bonds is 5. The lowest BCUT2D eigenvalue weighted by atomic mass is 9.91. The number of carbonyl (C=O) groups excluding carboxylic acids is 3. The molecular formula is C16H15NO6. The Bertz CT molecular complexity index is 733. The van der Waals surface area contributed by atoms with Gasteiger partial charge in [-0.15, -0.1) is 0 Å². The Labute approximate surface area is 132 Å². The van der Waals surface area contributed by atoms with Crippen LogP contribution in [-0.4, -0.2) is 38.0 Å². The number of benzene rings is 1. The summed E-state index contributed by atoms with van der Waals surface area (Å²) in [7, 11) is 2.75. The first kappa shape index (κ1) is 16.4. The number of ketones is 2. The summed E-state index contributed by atoms with van der Waals surface area (Å²) in [5, 5.41) is 3.57. The van der Waals surface area contributed by atoms with Crippen molar-refractivity contribution in [3.63, 3.8) is 0 Å². The Hall–Kier alpha value is -2.96. The molecule has 1 aromatic carbocycles. The maximum atomic E-state index is 12.2. The molecule has 1 aromatic rings. The first-order valence-corrected chi connectivity index (χ1v) is 6.82. The van der Waals surface area contributed by atoms with Crippen molar-refractivity contribution >= 4 is 23.8 Å². The van der Waals surface area contributed by atoms with Gasteiger partial charge >= 0.3 is 5.97 Å². The molecule has 23 heavy (non-hydrogen) atoms. The number of allylic oxidation sites excluding steroid dienone is 2. The standard InChI is InChI=1S/C16H15NO6/c1-4-13(20)23-17-8-9-7-12(21-2)14-10(18)5-6-11(19)15(14)16(9)22-3/h5-8H,4H2,1-3H3. The van der Waals surface area contributed by atoms with E-state index >= 15 is 0 Å².